The van der Waals surface area contributed by atoms with Gasteiger partial charge in [-0.25, -0.2) is 4.39 Å². The monoisotopic (exact) mass is 326 g/mol. The maximum absolute atomic E-state index is 13.0. The van der Waals surface area contributed by atoms with E-state index in [1.54, 1.807) is 0 Å². The van der Waals surface area contributed by atoms with Crippen LogP contribution in [0, 0.1) is 5.82 Å². The van der Waals surface area contributed by atoms with Crippen molar-refractivity contribution in [3.8, 4) is 0 Å². The first-order chi connectivity index (χ1) is 11.8. The molecule has 0 aliphatic carbocycles. The second-order valence-electron chi connectivity index (χ2n) is 6.47. The molecular weight excluding hydrogens is 303 g/mol. The zero-order chi connectivity index (χ0) is 16.4. The van der Waals surface area contributed by atoms with Crippen molar-refractivity contribution in [3.63, 3.8) is 0 Å². The van der Waals surface area contributed by atoms with Gasteiger partial charge >= 0.3 is 0 Å². The second kappa shape index (κ2) is 6.69. The zero-order valence-corrected chi connectivity index (χ0v) is 13.8. The molecule has 0 aromatic heterocycles. The Morgan fingerprint density at radius 2 is 1.54 bits per heavy atom. The van der Waals surface area contributed by atoms with Crippen molar-refractivity contribution >= 4 is 17.1 Å². The zero-order valence-electron chi connectivity index (χ0n) is 13.8. The van der Waals surface area contributed by atoms with E-state index in [1.165, 1.54) is 29.1 Å². The number of rotatable bonds is 3. The van der Waals surface area contributed by atoms with Gasteiger partial charge in [0, 0.05) is 51.5 Å². The minimum absolute atomic E-state index is 0.173. The Bertz CT molecular complexity index is 693. The highest BCUT2D eigenvalue weighted by atomic mass is 19.1. The van der Waals surface area contributed by atoms with E-state index in [0.29, 0.717) is 0 Å². The first-order valence-electron chi connectivity index (χ1n) is 8.61. The summed E-state index contributed by atoms with van der Waals surface area (Å²) in [7, 11) is 0. The number of halogens is 1. The van der Waals surface area contributed by atoms with E-state index < -0.39 is 0 Å². The molecule has 0 atom stereocenters. The molecule has 4 rings (SSSR count). The van der Waals surface area contributed by atoms with Gasteiger partial charge in [0.2, 0.25) is 0 Å². The first-order valence-corrected chi connectivity index (χ1v) is 8.61. The van der Waals surface area contributed by atoms with E-state index in [0.717, 1.165) is 51.5 Å². The molecule has 1 saturated heterocycles. The van der Waals surface area contributed by atoms with Crippen LogP contribution in [0.4, 0.5) is 21.5 Å². The van der Waals surface area contributed by atoms with Crippen LogP contribution in [0.3, 0.4) is 0 Å². The summed E-state index contributed by atoms with van der Waals surface area (Å²) in [6.07, 6.45) is 0. The fourth-order valence-corrected chi connectivity index (χ4v) is 3.46. The van der Waals surface area contributed by atoms with Crippen LogP contribution in [0.25, 0.3) is 0 Å². The predicted molar refractivity (Wildman–Crippen MR) is 97.3 cm³/mol. The topological polar surface area (TPSA) is 30.5 Å². The lowest BCUT2D eigenvalue weighted by Gasteiger charge is -2.36. The lowest BCUT2D eigenvalue weighted by molar-refractivity contribution is 0.250. The Labute approximate surface area is 142 Å². The lowest BCUT2D eigenvalue weighted by atomic mass is 10.1. The molecule has 4 nitrogen and oxygen atoms in total. The van der Waals surface area contributed by atoms with Gasteiger partial charge in [0.05, 0.1) is 11.4 Å². The van der Waals surface area contributed by atoms with Crippen LogP contribution in [0.1, 0.15) is 5.56 Å². The Kier molecular flexibility index (Phi) is 4.26. The minimum Gasteiger partial charge on any atom is -0.382 e. The van der Waals surface area contributed by atoms with E-state index in [1.807, 2.05) is 12.1 Å². The van der Waals surface area contributed by atoms with Gasteiger partial charge < -0.3 is 15.5 Å². The Hall–Kier alpha value is -2.27. The Balaban J connectivity index is 1.35. The maximum Gasteiger partial charge on any atom is 0.123 e. The molecule has 2 aromatic carbocycles. The van der Waals surface area contributed by atoms with Gasteiger partial charge in [-0.05, 0) is 42.0 Å². The molecule has 2 aliphatic rings. The third kappa shape index (κ3) is 3.31. The van der Waals surface area contributed by atoms with Gasteiger partial charge in [-0.1, -0.05) is 6.07 Å². The molecule has 2 heterocycles. The fraction of sp³-hybridized carbons (Fsp3) is 0.368. The SMILES string of the molecule is Fc1ccc(N2CCN(Cc3ccc4c(c3)NCCN4)CC2)cc1. The van der Waals surface area contributed by atoms with Crippen molar-refractivity contribution in [2.75, 3.05) is 54.8 Å². The smallest absolute Gasteiger partial charge is 0.123 e. The number of piperazine rings is 1. The number of fused-ring (bicyclic) bond motifs is 1. The summed E-state index contributed by atoms with van der Waals surface area (Å²) in [5, 5.41) is 6.87. The number of nitrogens with one attached hydrogen (secondary N) is 2. The molecule has 1 fully saturated rings. The standard InChI is InChI=1S/C19H23FN4/c20-16-2-4-17(5-3-16)24-11-9-23(10-12-24)14-15-1-6-18-19(13-15)22-8-7-21-18/h1-6,13,21-22H,7-12,14H2. The summed E-state index contributed by atoms with van der Waals surface area (Å²) in [4.78, 5) is 4.81. The van der Waals surface area contributed by atoms with E-state index in [9.17, 15) is 4.39 Å². The average molecular weight is 326 g/mol. The minimum atomic E-state index is -0.173. The van der Waals surface area contributed by atoms with Crippen molar-refractivity contribution in [1.29, 1.82) is 0 Å². The van der Waals surface area contributed by atoms with Crippen LogP contribution in [-0.4, -0.2) is 44.2 Å². The molecule has 0 amide bonds. The summed E-state index contributed by atoms with van der Waals surface area (Å²) in [5.74, 6) is -0.173. The van der Waals surface area contributed by atoms with Gasteiger partial charge in [-0.15, -0.1) is 0 Å². The van der Waals surface area contributed by atoms with E-state index in [2.05, 4.69) is 38.6 Å². The number of anilines is 3. The Morgan fingerprint density at radius 3 is 2.29 bits per heavy atom. The number of hydrogen-bond acceptors (Lipinski definition) is 4. The molecule has 0 radical (unpaired) electrons. The number of benzene rings is 2. The summed E-state index contributed by atoms with van der Waals surface area (Å²) in [5.41, 5.74) is 4.87. The van der Waals surface area contributed by atoms with Crippen LogP contribution in [0.5, 0.6) is 0 Å². The predicted octanol–water partition coefficient (Wildman–Crippen LogP) is 2.99. The summed E-state index contributed by atoms with van der Waals surface area (Å²) < 4.78 is 13.0. The normalized spacial score (nSPS) is 17.8. The van der Waals surface area contributed by atoms with E-state index >= 15 is 0 Å². The third-order valence-corrected chi connectivity index (χ3v) is 4.81. The van der Waals surface area contributed by atoms with Crippen molar-refractivity contribution in [2.24, 2.45) is 0 Å². The quantitative estimate of drug-likeness (QED) is 0.908. The van der Waals surface area contributed by atoms with Gasteiger partial charge in [-0.2, -0.15) is 0 Å². The van der Waals surface area contributed by atoms with Gasteiger partial charge in [0.15, 0.2) is 0 Å². The van der Waals surface area contributed by atoms with Crippen LogP contribution in [0.15, 0.2) is 42.5 Å². The molecule has 5 heteroatoms. The molecule has 0 saturated carbocycles. The molecule has 0 spiro atoms. The van der Waals surface area contributed by atoms with Crippen LogP contribution >= 0.6 is 0 Å². The molecule has 2 aromatic rings. The number of nitrogens with zero attached hydrogens (tertiary/aromatic N) is 2. The van der Waals surface area contributed by atoms with Gasteiger partial charge in [0.25, 0.3) is 0 Å². The van der Waals surface area contributed by atoms with E-state index in [4.69, 9.17) is 0 Å². The Morgan fingerprint density at radius 1 is 0.833 bits per heavy atom. The molecule has 0 bridgehead atoms. The van der Waals surface area contributed by atoms with Gasteiger partial charge in [-0.3, -0.25) is 4.90 Å². The summed E-state index contributed by atoms with van der Waals surface area (Å²) in [6, 6.07) is 13.5. The van der Waals surface area contributed by atoms with Crippen molar-refractivity contribution in [3.05, 3.63) is 53.8 Å². The van der Waals surface area contributed by atoms with Crippen LogP contribution in [0.2, 0.25) is 0 Å². The summed E-state index contributed by atoms with van der Waals surface area (Å²) >= 11 is 0. The molecule has 2 N–H and O–H groups in total. The molecule has 0 unspecified atom stereocenters. The van der Waals surface area contributed by atoms with Crippen molar-refractivity contribution < 1.29 is 4.39 Å². The van der Waals surface area contributed by atoms with Crippen molar-refractivity contribution in [1.82, 2.24) is 4.90 Å². The molecule has 24 heavy (non-hydrogen) atoms. The highest BCUT2D eigenvalue weighted by Crippen LogP contribution is 2.26. The first kappa shape index (κ1) is 15.3. The van der Waals surface area contributed by atoms with E-state index in [-0.39, 0.29) is 5.82 Å². The molecular formula is C19H23FN4. The lowest BCUT2D eigenvalue weighted by Crippen LogP contribution is -2.45. The molecule has 2 aliphatic heterocycles. The summed E-state index contributed by atoms with van der Waals surface area (Å²) in [6.45, 7) is 6.96. The van der Waals surface area contributed by atoms with Gasteiger partial charge in [0.1, 0.15) is 5.82 Å². The second-order valence-corrected chi connectivity index (χ2v) is 6.47. The van der Waals surface area contributed by atoms with Crippen LogP contribution in [-0.2, 0) is 6.54 Å². The average Bonchev–Trinajstić information content (AvgIpc) is 2.63. The number of hydrogen-bond donors (Lipinski definition) is 2. The van der Waals surface area contributed by atoms with Crippen molar-refractivity contribution in [2.45, 2.75) is 6.54 Å². The highest BCUT2D eigenvalue weighted by molar-refractivity contribution is 5.71. The highest BCUT2D eigenvalue weighted by Gasteiger charge is 2.18. The van der Waals surface area contributed by atoms with Crippen LogP contribution < -0.4 is 15.5 Å². The largest absolute Gasteiger partial charge is 0.382 e. The maximum atomic E-state index is 13.0. The molecule has 126 valence electrons. The fourth-order valence-electron chi connectivity index (χ4n) is 3.46. The third-order valence-electron chi connectivity index (χ3n) is 4.81.